The smallest absolute Gasteiger partial charge is 0.329 e. The molecule has 1 N–H and O–H groups in total. The Morgan fingerprint density at radius 1 is 1.00 bits per heavy atom. The van der Waals surface area contributed by atoms with Crippen molar-refractivity contribution < 1.29 is 23.9 Å². The molecule has 188 valence electrons. The lowest BCUT2D eigenvalue weighted by atomic mass is 10.0. The van der Waals surface area contributed by atoms with Crippen molar-refractivity contribution in [2.45, 2.75) is 39.8 Å². The zero-order valence-electron chi connectivity index (χ0n) is 20.6. The van der Waals surface area contributed by atoms with Gasteiger partial charge in [0.25, 0.3) is 11.8 Å². The van der Waals surface area contributed by atoms with Gasteiger partial charge < -0.3 is 24.6 Å². The molecule has 2 aromatic rings. The van der Waals surface area contributed by atoms with E-state index in [1.807, 2.05) is 25.7 Å². The quantitative estimate of drug-likeness (QED) is 0.538. The number of rotatable bonds is 9. The summed E-state index contributed by atoms with van der Waals surface area (Å²) in [7, 11) is 0. The van der Waals surface area contributed by atoms with Crippen LogP contribution in [0.4, 0.5) is 5.95 Å². The fraction of sp³-hybridized carbons (Fsp3) is 0.480. The maximum absolute atomic E-state index is 12.9. The molecule has 0 radical (unpaired) electrons. The van der Waals surface area contributed by atoms with Gasteiger partial charge in [-0.15, -0.1) is 0 Å². The van der Waals surface area contributed by atoms with Crippen molar-refractivity contribution in [2.24, 2.45) is 5.92 Å². The highest BCUT2D eigenvalue weighted by Crippen LogP contribution is 2.15. The maximum atomic E-state index is 12.9. The van der Waals surface area contributed by atoms with Crippen LogP contribution in [0.25, 0.3) is 0 Å². The Morgan fingerprint density at radius 2 is 1.63 bits per heavy atom. The maximum Gasteiger partial charge on any atom is 0.329 e. The van der Waals surface area contributed by atoms with Gasteiger partial charge in [-0.1, -0.05) is 13.8 Å². The first-order valence-electron chi connectivity index (χ1n) is 11.8. The van der Waals surface area contributed by atoms with E-state index in [1.54, 1.807) is 54.5 Å². The minimum absolute atomic E-state index is 0.231. The summed E-state index contributed by atoms with van der Waals surface area (Å²) in [6.45, 7) is 9.70. The van der Waals surface area contributed by atoms with E-state index in [0.29, 0.717) is 50.0 Å². The van der Waals surface area contributed by atoms with Crippen LogP contribution >= 0.6 is 0 Å². The summed E-state index contributed by atoms with van der Waals surface area (Å²) in [6.07, 6.45) is 2.40. The predicted octanol–water partition coefficient (Wildman–Crippen LogP) is 1.91. The molecule has 3 rings (SSSR count). The Kier molecular flexibility index (Phi) is 8.99. The third kappa shape index (κ3) is 6.91. The molecular weight excluding hydrogens is 450 g/mol. The Morgan fingerprint density at radius 3 is 2.20 bits per heavy atom. The number of benzene rings is 1. The second kappa shape index (κ2) is 12.1. The fourth-order valence-electron chi connectivity index (χ4n) is 3.73. The topological polar surface area (TPSA) is 114 Å². The molecule has 1 unspecified atom stereocenters. The van der Waals surface area contributed by atoms with Crippen LogP contribution in [0.1, 0.15) is 38.1 Å². The van der Waals surface area contributed by atoms with Gasteiger partial charge in [0.15, 0.2) is 6.10 Å². The number of nitrogens with zero attached hydrogens (tertiary/aromatic N) is 4. The van der Waals surface area contributed by atoms with Crippen LogP contribution < -0.4 is 15.0 Å². The number of aromatic nitrogens is 2. The summed E-state index contributed by atoms with van der Waals surface area (Å²) in [4.78, 5) is 50.6. The summed E-state index contributed by atoms with van der Waals surface area (Å²) in [5.74, 6) is -0.257. The largest absolute Gasteiger partial charge is 0.494 e. The predicted molar refractivity (Wildman–Crippen MR) is 130 cm³/mol. The van der Waals surface area contributed by atoms with Crippen molar-refractivity contribution in [3.63, 3.8) is 0 Å². The first kappa shape index (κ1) is 25.9. The lowest BCUT2D eigenvalue weighted by molar-refractivity contribution is -0.161. The molecule has 1 aliphatic rings. The van der Waals surface area contributed by atoms with E-state index >= 15 is 0 Å². The van der Waals surface area contributed by atoms with E-state index in [1.165, 1.54) is 0 Å². The number of hydrogen-bond acceptors (Lipinski definition) is 8. The summed E-state index contributed by atoms with van der Waals surface area (Å²) in [6, 6.07) is 7.53. The zero-order chi connectivity index (χ0) is 25.4. The molecule has 0 bridgehead atoms. The van der Waals surface area contributed by atoms with E-state index in [2.05, 4.69) is 15.3 Å². The second-order valence-corrected chi connectivity index (χ2v) is 8.59. The molecule has 10 nitrogen and oxygen atoms in total. The van der Waals surface area contributed by atoms with Crippen molar-refractivity contribution in [3.05, 3.63) is 48.3 Å². The first-order chi connectivity index (χ1) is 16.8. The standard InChI is InChI=1S/C25H33N5O5/c1-5-34-20-9-7-19(8-10-20)22(31)28-21(17(2)3)24(33)35-18(4)23(32)29-13-15-30(16-14-29)25-26-11-6-12-27-25/h6-12,17-18,21H,5,13-16H2,1-4H3,(H,28,31)/t18?,21-/m0/s1. The molecule has 0 spiro atoms. The Hall–Kier alpha value is -3.69. The molecule has 10 heteroatoms. The molecule has 2 heterocycles. The van der Waals surface area contributed by atoms with Crippen molar-refractivity contribution in [1.29, 1.82) is 0 Å². The number of piperazine rings is 1. The van der Waals surface area contributed by atoms with Crippen LogP contribution in [0, 0.1) is 5.92 Å². The van der Waals surface area contributed by atoms with Gasteiger partial charge in [-0.05, 0) is 50.1 Å². The van der Waals surface area contributed by atoms with E-state index in [4.69, 9.17) is 9.47 Å². The Bertz CT molecular complexity index is 991. The number of ether oxygens (including phenoxy) is 2. The summed E-state index contributed by atoms with van der Waals surface area (Å²) in [5, 5.41) is 2.73. The van der Waals surface area contributed by atoms with E-state index < -0.39 is 24.0 Å². The van der Waals surface area contributed by atoms with Crippen molar-refractivity contribution in [1.82, 2.24) is 20.2 Å². The highest BCUT2D eigenvalue weighted by molar-refractivity contribution is 5.97. The lowest BCUT2D eigenvalue weighted by Gasteiger charge is -2.35. The van der Waals surface area contributed by atoms with Crippen LogP contribution in [0.15, 0.2) is 42.7 Å². The van der Waals surface area contributed by atoms with Gasteiger partial charge >= 0.3 is 5.97 Å². The molecule has 1 aliphatic heterocycles. The number of carbonyl (C=O) groups excluding carboxylic acids is 3. The van der Waals surface area contributed by atoms with Gasteiger partial charge in [0.05, 0.1) is 6.61 Å². The Labute approximate surface area is 205 Å². The lowest BCUT2D eigenvalue weighted by Crippen LogP contribution is -2.53. The van der Waals surface area contributed by atoms with Crippen LogP contribution in [0.3, 0.4) is 0 Å². The fourth-order valence-corrected chi connectivity index (χ4v) is 3.73. The van der Waals surface area contributed by atoms with E-state index in [9.17, 15) is 14.4 Å². The molecule has 0 saturated carbocycles. The van der Waals surface area contributed by atoms with E-state index in [-0.39, 0.29) is 11.8 Å². The number of hydrogen-bond donors (Lipinski definition) is 1. The molecule has 1 aromatic heterocycles. The third-order valence-electron chi connectivity index (χ3n) is 5.70. The molecular formula is C25H33N5O5. The van der Waals surface area contributed by atoms with Crippen molar-refractivity contribution in [2.75, 3.05) is 37.7 Å². The summed E-state index contributed by atoms with van der Waals surface area (Å²) >= 11 is 0. The number of esters is 1. The number of anilines is 1. The highest BCUT2D eigenvalue weighted by atomic mass is 16.5. The SMILES string of the molecule is CCOc1ccc(C(=O)N[C@H](C(=O)OC(C)C(=O)N2CCN(c3ncccn3)CC2)C(C)C)cc1. The monoisotopic (exact) mass is 483 g/mol. The highest BCUT2D eigenvalue weighted by Gasteiger charge is 2.32. The molecule has 2 atom stereocenters. The molecule has 0 aliphatic carbocycles. The normalized spacial score (nSPS) is 15.3. The number of nitrogens with one attached hydrogen (secondary N) is 1. The molecule has 1 saturated heterocycles. The average molecular weight is 484 g/mol. The number of carbonyl (C=O) groups is 3. The molecule has 1 fully saturated rings. The van der Waals surface area contributed by atoms with Gasteiger partial charge in [0.1, 0.15) is 11.8 Å². The molecule has 35 heavy (non-hydrogen) atoms. The third-order valence-corrected chi connectivity index (χ3v) is 5.70. The van der Waals surface area contributed by atoms with Gasteiger partial charge in [0, 0.05) is 44.1 Å². The van der Waals surface area contributed by atoms with E-state index in [0.717, 1.165) is 0 Å². The van der Waals surface area contributed by atoms with Crippen LogP contribution in [0.2, 0.25) is 0 Å². The van der Waals surface area contributed by atoms with Gasteiger partial charge in [-0.25, -0.2) is 14.8 Å². The minimum Gasteiger partial charge on any atom is -0.494 e. The van der Waals surface area contributed by atoms with Gasteiger partial charge in [0.2, 0.25) is 5.95 Å². The summed E-state index contributed by atoms with van der Waals surface area (Å²) < 4.78 is 10.9. The first-order valence-corrected chi connectivity index (χ1v) is 11.8. The van der Waals surface area contributed by atoms with Crippen molar-refractivity contribution >= 4 is 23.7 Å². The summed E-state index contributed by atoms with van der Waals surface area (Å²) in [5.41, 5.74) is 0.399. The Balaban J connectivity index is 1.54. The van der Waals surface area contributed by atoms with Crippen LogP contribution in [0.5, 0.6) is 5.75 Å². The van der Waals surface area contributed by atoms with Gasteiger partial charge in [-0.3, -0.25) is 9.59 Å². The average Bonchev–Trinajstić information content (AvgIpc) is 2.87. The second-order valence-electron chi connectivity index (χ2n) is 8.59. The molecule has 2 amide bonds. The van der Waals surface area contributed by atoms with Crippen molar-refractivity contribution in [3.8, 4) is 5.75 Å². The molecule has 1 aromatic carbocycles. The van der Waals surface area contributed by atoms with Crippen LogP contribution in [-0.2, 0) is 14.3 Å². The number of amides is 2. The minimum atomic E-state index is -0.967. The van der Waals surface area contributed by atoms with Crippen LogP contribution in [-0.4, -0.2) is 77.6 Å². The zero-order valence-corrected chi connectivity index (χ0v) is 20.6. The van der Waals surface area contributed by atoms with Gasteiger partial charge in [-0.2, -0.15) is 0 Å².